The number of amides is 1. The predicted octanol–water partition coefficient (Wildman–Crippen LogP) is 1.44. The summed E-state index contributed by atoms with van der Waals surface area (Å²) in [6.07, 6.45) is 0.0748. The number of rotatable bonds is 3. The minimum absolute atomic E-state index is 0.0748. The van der Waals surface area contributed by atoms with Crippen LogP contribution < -0.4 is 11.1 Å². The molecule has 0 aliphatic carbocycles. The van der Waals surface area contributed by atoms with E-state index in [0.717, 1.165) is 11.3 Å². The van der Waals surface area contributed by atoms with Crippen molar-refractivity contribution in [3.8, 4) is 0 Å². The van der Waals surface area contributed by atoms with Crippen LogP contribution in [0.15, 0.2) is 24.3 Å². The monoisotopic (exact) mass is 252 g/mol. The van der Waals surface area contributed by atoms with Gasteiger partial charge in [-0.1, -0.05) is 17.4 Å². The summed E-state index contributed by atoms with van der Waals surface area (Å²) < 4.78 is 12.9. The molecule has 0 saturated carbocycles. The number of nitrogens with two attached hydrogens (primary N) is 1. The molecule has 1 amide bonds. The van der Waals surface area contributed by atoms with Crippen LogP contribution in [0.4, 0.5) is 15.2 Å². The standard InChI is InChI=1S/C10H9FN4OS/c11-6-2-1-3-7(4-6)13-8(16)5-9-14-15-10(12)17-9/h1-4H,5H2,(H2,12,15)(H,13,16). The molecule has 0 bridgehead atoms. The first kappa shape index (κ1) is 11.5. The molecule has 3 N–H and O–H groups in total. The Morgan fingerprint density at radius 3 is 2.94 bits per heavy atom. The Balaban J connectivity index is 1.98. The van der Waals surface area contributed by atoms with Crippen molar-refractivity contribution in [2.24, 2.45) is 0 Å². The Morgan fingerprint density at radius 1 is 1.47 bits per heavy atom. The maximum absolute atomic E-state index is 12.9. The number of aromatic nitrogens is 2. The van der Waals surface area contributed by atoms with Crippen molar-refractivity contribution in [2.75, 3.05) is 11.1 Å². The third-order valence-corrected chi connectivity index (χ3v) is 2.66. The third-order valence-electron chi connectivity index (χ3n) is 1.90. The van der Waals surface area contributed by atoms with Gasteiger partial charge in [0, 0.05) is 5.69 Å². The summed E-state index contributed by atoms with van der Waals surface area (Å²) in [5, 5.41) is 10.7. The number of nitrogen functional groups attached to an aromatic ring is 1. The zero-order valence-electron chi connectivity index (χ0n) is 8.68. The largest absolute Gasteiger partial charge is 0.374 e. The van der Waals surface area contributed by atoms with E-state index in [9.17, 15) is 9.18 Å². The van der Waals surface area contributed by atoms with E-state index in [0.29, 0.717) is 15.8 Å². The Bertz CT molecular complexity index is 543. The summed E-state index contributed by atoms with van der Waals surface area (Å²) in [5.74, 6) is -0.685. The smallest absolute Gasteiger partial charge is 0.231 e. The maximum Gasteiger partial charge on any atom is 0.231 e. The highest BCUT2D eigenvalue weighted by Crippen LogP contribution is 2.13. The van der Waals surface area contributed by atoms with E-state index in [1.54, 1.807) is 6.07 Å². The Kier molecular flexibility index (Phi) is 3.29. The van der Waals surface area contributed by atoms with Crippen molar-refractivity contribution in [1.82, 2.24) is 10.2 Å². The molecule has 0 radical (unpaired) electrons. The van der Waals surface area contributed by atoms with Crippen LogP contribution in [0, 0.1) is 5.82 Å². The molecule has 0 fully saturated rings. The molecule has 0 saturated heterocycles. The second-order valence-electron chi connectivity index (χ2n) is 3.27. The van der Waals surface area contributed by atoms with E-state index in [1.165, 1.54) is 18.2 Å². The van der Waals surface area contributed by atoms with Crippen LogP contribution in [0.5, 0.6) is 0 Å². The first-order valence-electron chi connectivity index (χ1n) is 4.77. The van der Waals surface area contributed by atoms with E-state index < -0.39 is 5.82 Å². The zero-order valence-corrected chi connectivity index (χ0v) is 9.50. The molecule has 1 heterocycles. The van der Waals surface area contributed by atoms with Crippen molar-refractivity contribution in [3.63, 3.8) is 0 Å². The number of nitrogens with zero attached hydrogens (tertiary/aromatic N) is 2. The van der Waals surface area contributed by atoms with E-state index in [1.807, 2.05) is 0 Å². The Labute approximate surface area is 100 Å². The number of carbonyl (C=O) groups excluding carboxylic acids is 1. The minimum Gasteiger partial charge on any atom is -0.374 e. The normalized spacial score (nSPS) is 10.2. The fourth-order valence-electron chi connectivity index (χ4n) is 1.25. The van der Waals surface area contributed by atoms with Crippen molar-refractivity contribution in [3.05, 3.63) is 35.1 Å². The lowest BCUT2D eigenvalue weighted by atomic mass is 10.3. The van der Waals surface area contributed by atoms with Crippen molar-refractivity contribution >= 4 is 28.1 Å². The Morgan fingerprint density at radius 2 is 2.29 bits per heavy atom. The lowest BCUT2D eigenvalue weighted by Crippen LogP contribution is -2.14. The quantitative estimate of drug-likeness (QED) is 0.866. The first-order chi connectivity index (χ1) is 8.13. The molecule has 0 unspecified atom stereocenters. The molecule has 0 atom stereocenters. The molecule has 17 heavy (non-hydrogen) atoms. The van der Waals surface area contributed by atoms with Crippen LogP contribution in [0.2, 0.25) is 0 Å². The van der Waals surface area contributed by atoms with Gasteiger partial charge in [0.15, 0.2) is 0 Å². The van der Waals surface area contributed by atoms with E-state index in [-0.39, 0.29) is 12.3 Å². The minimum atomic E-state index is -0.400. The van der Waals surface area contributed by atoms with Crippen molar-refractivity contribution < 1.29 is 9.18 Å². The average Bonchev–Trinajstić information content (AvgIpc) is 2.63. The van der Waals surface area contributed by atoms with Gasteiger partial charge in [0.2, 0.25) is 11.0 Å². The van der Waals surface area contributed by atoms with Crippen LogP contribution in [0.25, 0.3) is 0 Å². The maximum atomic E-state index is 12.9. The molecule has 0 aliphatic rings. The molecule has 2 rings (SSSR count). The van der Waals surface area contributed by atoms with Gasteiger partial charge in [-0.3, -0.25) is 4.79 Å². The molecular formula is C10H9FN4OS. The summed E-state index contributed by atoms with van der Waals surface area (Å²) in [6.45, 7) is 0. The number of anilines is 2. The summed E-state index contributed by atoms with van der Waals surface area (Å²) in [6, 6.07) is 5.68. The number of hydrogen-bond acceptors (Lipinski definition) is 5. The number of hydrogen-bond donors (Lipinski definition) is 2. The van der Waals surface area contributed by atoms with Gasteiger partial charge < -0.3 is 11.1 Å². The third kappa shape index (κ3) is 3.22. The van der Waals surface area contributed by atoms with E-state index in [4.69, 9.17) is 5.73 Å². The highest BCUT2D eigenvalue weighted by molar-refractivity contribution is 7.15. The SMILES string of the molecule is Nc1nnc(CC(=O)Nc2cccc(F)c2)s1. The van der Waals surface area contributed by atoms with Crippen molar-refractivity contribution in [2.45, 2.75) is 6.42 Å². The highest BCUT2D eigenvalue weighted by atomic mass is 32.1. The molecule has 88 valence electrons. The molecule has 0 aliphatic heterocycles. The van der Waals surface area contributed by atoms with Gasteiger partial charge in [0.25, 0.3) is 0 Å². The lowest BCUT2D eigenvalue weighted by molar-refractivity contribution is -0.115. The molecule has 0 spiro atoms. The van der Waals surface area contributed by atoms with Crippen LogP contribution in [-0.4, -0.2) is 16.1 Å². The van der Waals surface area contributed by atoms with Gasteiger partial charge in [-0.2, -0.15) is 0 Å². The molecule has 7 heteroatoms. The highest BCUT2D eigenvalue weighted by Gasteiger charge is 2.08. The fraction of sp³-hybridized carbons (Fsp3) is 0.100. The molecule has 1 aromatic heterocycles. The van der Waals surface area contributed by atoms with Gasteiger partial charge in [-0.25, -0.2) is 4.39 Å². The topological polar surface area (TPSA) is 80.9 Å². The van der Waals surface area contributed by atoms with Gasteiger partial charge >= 0.3 is 0 Å². The number of carbonyl (C=O) groups is 1. The Hall–Kier alpha value is -2.02. The number of halogens is 1. The number of nitrogens with one attached hydrogen (secondary N) is 1. The number of benzene rings is 1. The fourth-order valence-corrected chi connectivity index (χ4v) is 1.85. The summed E-state index contributed by atoms with van der Waals surface area (Å²) in [4.78, 5) is 11.6. The average molecular weight is 252 g/mol. The van der Waals surface area contributed by atoms with E-state index in [2.05, 4.69) is 15.5 Å². The summed E-state index contributed by atoms with van der Waals surface area (Å²) >= 11 is 1.15. The van der Waals surface area contributed by atoms with Crippen LogP contribution >= 0.6 is 11.3 Å². The first-order valence-corrected chi connectivity index (χ1v) is 5.58. The summed E-state index contributed by atoms with van der Waals surface area (Å²) in [5.41, 5.74) is 5.80. The van der Waals surface area contributed by atoms with Gasteiger partial charge in [0.05, 0.1) is 6.42 Å². The molecule has 2 aromatic rings. The molecule has 1 aromatic carbocycles. The zero-order chi connectivity index (χ0) is 12.3. The van der Waals surface area contributed by atoms with Crippen molar-refractivity contribution in [1.29, 1.82) is 0 Å². The van der Waals surface area contributed by atoms with Crippen LogP contribution in [0.3, 0.4) is 0 Å². The molecular weight excluding hydrogens is 243 g/mol. The molecule has 5 nitrogen and oxygen atoms in total. The van der Waals surface area contributed by atoms with Crippen LogP contribution in [-0.2, 0) is 11.2 Å². The van der Waals surface area contributed by atoms with Crippen LogP contribution in [0.1, 0.15) is 5.01 Å². The van der Waals surface area contributed by atoms with Gasteiger partial charge in [0.1, 0.15) is 10.8 Å². The van der Waals surface area contributed by atoms with E-state index >= 15 is 0 Å². The van der Waals surface area contributed by atoms with Gasteiger partial charge in [-0.05, 0) is 18.2 Å². The second-order valence-corrected chi connectivity index (χ2v) is 4.36. The summed E-state index contributed by atoms with van der Waals surface area (Å²) in [7, 11) is 0. The lowest BCUT2D eigenvalue weighted by Gasteiger charge is -2.03. The second kappa shape index (κ2) is 4.88. The predicted molar refractivity (Wildman–Crippen MR) is 63.1 cm³/mol. The van der Waals surface area contributed by atoms with Gasteiger partial charge in [-0.15, -0.1) is 10.2 Å².